The van der Waals surface area contributed by atoms with Gasteiger partial charge in [0, 0.05) is 11.8 Å². The van der Waals surface area contributed by atoms with Crippen LogP contribution in [0.1, 0.15) is 0 Å². The third-order valence-electron chi connectivity index (χ3n) is 2.53. The average Bonchev–Trinajstić information content (AvgIpc) is 2.39. The molecule has 0 aliphatic carbocycles. The number of benzene rings is 1. The lowest BCUT2D eigenvalue weighted by molar-refractivity contribution is 1.15. The summed E-state index contributed by atoms with van der Waals surface area (Å²) in [7, 11) is 0. The van der Waals surface area contributed by atoms with Crippen LogP contribution >= 0.6 is 0 Å². The van der Waals surface area contributed by atoms with E-state index in [1.54, 1.807) is 6.20 Å². The van der Waals surface area contributed by atoms with Crippen molar-refractivity contribution in [1.82, 2.24) is 19.9 Å². The molecule has 2 heterocycles. The Morgan fingerprint density at radius 1 is 0.889 bits per heavy atom. The number of nitrogens with zero attached hydrogens (tertiary/aromatic N) is 4. The molecule has 3 aromatic rings. The maximum absolute atomic E-state index is 5.73. The van der Waals surface area contributed by atoms with Crippen molar-refractivity contribution in [1.29, 1.82) is 0 Å². The van der Waals surface area contributed by atoms with Crippen LogP contribution in [0.15, 0.2) is 36.5 Å². The summed E-state index contributed by atoms with van der Waals surface area (Å²) in [6.07, 6.45) is 1.61. The number of hydrogen-bond donors (Lipinski definition) is 2. The summed E-state index contributed by atoms with van der Waals surface area (Å²) >= 11 is 0. The summed E-state index contributed by atoms with van der Waals surface area (Å²) in [4.78, 5) is 16.5. The van der Waals surface area contributed by atoms with E-state index < -0.39 is 0 Å². The third-order valence-corrected chi connectivity index (χ3v) is 2.53. The SMILES string of the molecule is Nc1nc(N)c2cnc(-c3ccccc3)nc2n1. The molecule has 0 saturated carbocycles. The zero-order chi connectivity index (χ0) is 12.5. The highest BCUT2D eigenvalue weighted by atomic mass is 15.1. The molecule has 0 atom stereocenters. The van der Waals surface area contributed by atoms with Gasteiger partial charge in [0.25, 0.3) is 0 Å². The Kier molecular flexibility index (Phi) is 2.26. The molecule has 0 amide bonds. The van der Waals surface area contributed by atoms with Crippen LogP contribution in [-0.4, -0.2) is 19.9 Å². The largest absolute Gasteiger partial charge is 0.383 e. The monoisotopic (exact) mass is 238 g/mol. The highest BCUT2D eigenvalue weighted by molar-refractivity contribution is 5.86. The van der Waals surface area contributed by atoms with Crippen LogP contribution in [0.3, 0.4) is 0 Å². The predicted octanol–water partition coefficient (Wildman–Crippen LogP) is 1.25. The number of hydrogen-bond acceptors (Lipinski definition) is 6. The van der Waals surface area contributed by atoms with Crippen LogP contribution in [0.5, 0.6) is 0 Å². The highest BCUT2D eigenvalue weighted by Gasteiger charge is 2.07. The van der Waals surface area contributed by atoms with Gasteiger partial charge in [-0.15, -0.1) is 0 Å². The molecular weight excluding hydrogens is 228 g/mol. The first kappa shape index (κ1) is 10.4. The van der Waals surface area contributed by atoms with Gasteiger partial charge in [-0.2, -0.15) is 9.97 Å². The maximum atomic E-state index is 5.73. The minimum Gasteiger partial charge on any atom is -0.383 e. The normalized spacial score (nSPS) is 10.7. The van der Waals surface area contributed by atoms with Gasteiger partial charge >= 0.3 is 0 Å². The molecule has 0 bridgehead atoms. The summed E-state index contributed by atoms with van der Waals surface area (Å²) < 4.78 is 0. The molecule has 0 spiro atoms. The van der Waals surface area contributed by atoms with E-state index in [1.165, 1.54) is 0 Å². The van der Waals surface area contributed by atoms with Crippen LogP contribution in [-0.2, 0) is 0 Å². The number of aromatic nitrogens is 4. The second-order valence-corrected chi connectivity index (χ2v) is 3.76. The van der Waals surface area contributed by atoms with Crippen LogP contribution in [0.4, 0.5) is 11.8 Å². The van der Waals surface area contributed by atoms with Gasteiger partial charge in [0.15, 0.2) is 11.5 Å². The Balaban J connectivity index is 2.23. The quantitative estimate of drug-likeness (QED) is 0.661. The van der Waals surface area contributed by atoms with E-state index in [2.05, 4.69) is 19.9 Å². The molecule has 3 rings (SSSR count). The highest BCUT2D eigenvalue weighted by Crippen LogP contribution is 2.20. The number of nitrogens with two attached hydrogens (primary N) is 2. The zero-order valence-electron chi connectivity index (χ0n) is 9.41. The van der Waals surface area contributed by atoms with Gasteiger partial charge in [0.1, 0.15) is 5.82 Å². The summed E-state index contributed by atoms with van der Waals surface area (Å²) in [5.74, 6) is 0.982. The number of anilines is 2. The first-order chi connectivity index (χ1) is 8.74. The molecule has 0 aliphatic heterocycles. The van der Waals surface area contributed by atoms with E-state index in [9.17, 15) is 0 Å². The van der Waals surface area contributed by atoms with Gasteiger partial charge in [0.05, 0.1) is 5.39 Å². The maximum Gasteiger partial charge on any atom is 0.224 e. The van der Waals surface area contributed by atoms with Crippen LogP contribution in [0.2, 0.25) is 0 Å². The Labute approximate surface area is 103 Å². The first-order valence-corrected chi connectivity index (χ1v) is 5.35. The van der Waals surface area contributed by atoms with Gasteiger partial charge < -0.3 is 11.5 Å². The van der Waals surface area contributed by atoms with Gasteiger partial charge in [0.2, 0.25) is 5.95 Å². The Bertz CT molecular complexity index is 710. The van der Waals surface area contributed by atoms with E-state index in [0.29, 0.717) is 16.9 Å². The van der Waals surface area contributed by atoms with Crippen molar-refractivity contribution in [3.8, 4) is 11.4 Å². The van der Waals surface area contributed by atoms with Crippen molar-refractivity contribution in [2.75, 3.05) is 11.5 Å². The molecule has 0 fully saturated rings. The molecule has 2 aromatic heterocycles. The van der Waals surface area contributed by atoms with Crippen LogP contribution in [0, 0.1) is 0 Å². The zero-order valence-corrected chi connectivity index (χ0v) is 9.41. The molecule has 18 heavy (non-hydrogen) atoms. The lowest BCUT2D eigenvalue weighted by atomic mass is 10.2. The standard InChI is InChI=1S/C12H10N6/c13-9-8-6-15-10(7-4-2-1-3-5-7)17-11(8)18-12(14)16-9/h1-6H,(H4,13,14,15,16,17,18). The summed E-state index contributed by atoms with van der Waals surface area (Å²) in [5, 5.41) is 0.601. The molecule has 1 aromatic carbocycles. The summed E-state index contributed by atoms with van der Waals surface area (Å²) in [6, 6.07) is 9.63. The van der Waals surface area contributed by atoms with Crippen molar-refractivity contribution in [3.05, 3.63) is 36.5 Å². The lowest BCUT2D eigenvalue weighted by Gasteiger charge is -2.03. The minimum absolute atomic E-state index is 0.109. The molecule has 0 aliphatic rings. The van der Waals surface area contributed by atoms with Crippen LogP contribution < -0.4 is 11.5 Å². The van der Waals surface area contributed by atoms with Gasteiger partial charge in [-0.1, -0.05) is 30.3 Å². The van der Waals surface area contributed by atoms with Crippen molar-refractivity contribution in [2.45, 2.75) is 0 Å². The minimum atomic E-state index is 0.109. The Morgan fingerprint density at radius 2 is 1.67 bits per heavy atom. The van der Waals surface area contributed by atoms with Crippen molar-refractivity contribution in [2.24, 2.45) is 0 Å². The predicted molar refractivity (Wildman–Crippen MR) is 69.4 cm³/mol. The van der Waals surface area contributed by atoms with Gasteiger partial charge in [-0.3, -0.25) is 0 Å². The second-order valence-electron chi connectivity index (χ2n) is 3.76. The molecule has 6 heteroatoms. The topological polar surface area (TPSA) is 104 Å². The number of nitrogen functional groups attached to an aromatic ring is 2. The van der Waals surface area contributed by atoms with E-state index in [-0.39, 0.29) is 11.8 Å². The molecule has 4 N–H and O–H groups in total. The van der Waals surface area contributed by atoms with E-state index in [0.717, 1.165) is 5.56 Å². The van der Waals surface area contributed by atoms with Crippen molar-refractivity contribution >= 4 is 22.8 Å². The van der Waals surface area contributed by atoms with Crippen molar-refractivity contribution < 1.29 is 0 Å². The Morgan fingerprint density at radius 3 is 2.44 bits per heavy atom. The van der Waals surface area contributed by atoms with Crippen LogP contribution in [0.25, 0.3) is 22.4 Å². The van der Waals surface area contributed by atoms with E-state index >= 15 is 0 Å². The fraction of sp³-hybridized carbons (Fsp3) is 0. The van der Waals surface area contributed by atoms with Crippen molar-refractivity contribution in [3.63, 3.8) is 0 Å². The summed E-state index contributed by atoms with van der Waals surface area (Å²) in [6.45, 7) is 0. The van der Waals surface area contributed by atoms with Gasteiger partial charge in [-0.25, -0.2) is 9.97 Å². The lowest BCUT2D eigenvalue weighted by Crippen LogP contribution is -2.02. The average molecular weight is 238 g/mol. The number of fused-ring (bicyclic) bond motifs is 1. The third kappa shape index (κ3) is 1.69. The first-order valence-electron chi connectivity index (χ1n) is 5.35. The molecule has 6 nitrogen and oxygen atoms in total. The smallest absolute Gasteiger partial charge is 0.224 e. The Hall–Kier alpha value is -2.76. The molecule has 0 saturated heterocycles. The number of rotatable bonds is 1. The fourth-order valence-corrected chi connectivity index (χ4v) is 1.68. The molecule has 0 radical (unpaired) electrons. The van der Waals surface area contributed by atoms with Gasteiger partial charge in [-0.05, 0) is 0 Å². The molecule has 0 unspecified atom stereocenters. The van der Waals surface area contributed by atoms with E-state index in [1.807, 2.05) is 30.3 Å². The molecule has 88 valence electrons. The fourth-order valence-electron chi connectivity index (χ4n) is 1.68. The molecular formula is C12H10N6. The second kappa shape index (κ2) is 3.92. The van der Waals surface area contributed by atoms with E-state index in [4.69, 9.17) is 11.5 Å². The summed E-state index contributed by atoms with van der Waals surface area (Å²) in [5.41, 5.74) is 12.7.